The van der Waals surface area contributed by atoms with Gasteiger partial charge in [0.05, 0.1) is 18.7 Å². The summed E-state index contributed by atoms with van der Waals surface area (Å²) in [4.78, 5) is 38.5. The van der Waals surface area contributed by atoms with Gasteiger partial charge in [0.2, 0.25) is 5.91 Å². The third kappa shape index (κ3) is 4.60. The smallest absolute Gasteiger partial charge is 0.312 e. The van der Waals surface area contributed by atoms with Crippen LogP contribution in [0.25, 0.3) is 0 Å². The number of aryl methyl sites for hydroxylation is 2. The molecule has 2 atom stereocenters. The number of benzene rings is 1. The number of amides is 2. The van der Waals surface area contributed by atoms with Gasteiger partial charge in [0, 0.05) is 18.7 Å². The molecule has 148 valence electrons. The number of anilines is 1. The van der Waals surface area contributed by atoms with E-state index in [1.807, 2.05) is 32.0 Å². The number of hydrogen-bond donors (Lipinski definition) is 1. The molecular weight excluding hydrogens is 360 g/mol. The first-order valence-corrected chi connectivity index (χ1v) is 9.22. The van der Waals surface area contributed by atoms with Crippen LogP contribution in [-0.2, 0) is 25.7 Å². The molecule has 28 heavy (non-hydrogen) atoms. The third-order valence-corrected chi connectivity index (χ3v) is 4.78. The molecule has 2 heterocycles. The Morgan fingerprint density at radius 3 is 2.79 bits per heavy atom. The minimum Gasteiger partial charge on any atom is -0.467 e. The van der Waals surface area contributed by atoms with Crippen molar-refractivity contribution in [2.24, 2.45) is 5.92 Å². The molecule has 0 radical (unpaired) electrons. The van der Waals surface area contributed by atoms with Crippen LogP contribution in [0.4, 0.5) is 5.69 Å². The van der Waals surface area contributed by atoms with E-state index in [4.69, 9.17) is 9.15 Å². The Labute approximate surface area is 163 Å². The molecule has 2 aromatic rings. The fourth-order valence-corrected chi connectivity index (χ4v) is 3.19. The van der Waals surface area contributed by atoms with Crippen molar-refractivity contribution in [1.82, 2.24) is 4.90 Å². The number of furan rings is 1. The molecule has 0 aliphatic carbocycles. The number of nitrogens with one attached hydrogen (secondary N) is 1. The van der Waals surface area contributed by atoms with Crippen LogP contribution in [0, 0.1) is 19.8 Å². The number of likely N-dealkylation sites (tertiary alicyclic amines) is 1. The van der Waals surface area contributed by atoms with E-state index in [2.05, 4.69) is 5.32 Å². The lowest BCUT2D eigenvalue weighted by molar-refractivity contribution is -0.157. The SMILES string of the molecule is Cc1ccc(NC(=O)[C@H](C)OC(=O)[C@H]2CC(=O)N(Cc3ccco3)C2)c(C)c1. The lowest BCUT2D eigenvalue weighted by Gasteiger charge is -2.17. The molecule has 1 aliphatic rings. The van der Waals surface area contributed by atoms with Gasteiger partial charge in [-0.05, 0) is 44.5 Å². The van der Waals surface area contributed by atoms with E-state index < -0.39 is 23.9 Å². The van der Waals surface area contributed by atoms with Gasteiger partial charge in [0.1, 0.15) is 5.76 Å². The van der Waals surface area contributed by atoms with Crippen molar-refractivity contribution >= 4 is 23.5 Å². The molecular formula is C21H24N2O5. The highest BCUT2D eigenvalue weighted by Crippen LogP contribution is 2.22. The molecule has 1 aliphatic heterocycles. The van der Waals surface area contributed by atoms with Gasteiger partial charge in [-0.3, -0.25) is 14.4 Å². The summed E-state index contributed by atoms with van der Waals surface area (Å²) in [7, 11) is 0. The van der Waals surface area contributed by atoms with Crippen molar-refractivity contribution in [3.8, 4) is 0 Å². The zero-order chi connectivity index (χ0) is 20.3. The first-order valence-electron chi connectivity index (χ1n) is 9.22. The van der Waals surface area contributed by atoms with Crippen molar-refractivity contribution in [1.29, 1.82) is 0 Å². The van der Waals surface area contributed by atoms with Gasteiger partial charge >= 0.3 is 5.97 Å². The van der Waals surface area contributed by atoms with Crippen LogP contribution >= 0.6 is 0 Å². The Balaban J connectivity index is 1.53. The fourth-order valence-electron chi connectivity index (χ4n) is 3.19. The number of nitrogens with zero attached hydrogens (tertiary/aromatic N) is 1. The largest absolute Gasteiger partial charge is 0.467 e. The Morgan fingerprint density at radius 1 is 1.32 bits per heavy atom. The fraction of sp³-hybridized carbons (Fsp3) is 0.381. The minimum absolute atomic E-state index is 0.0744. The maximum absolute atomic E-state index is 12.4. The van der Waals surface area contributed by atoms with Crippen molar-refractivity contribution < 1.29 is 23.5 Å². The number of rotatable bonds is 6. The monoisotopic (exact) mass is 384 g/mol. The van der Waals surface area contributed by atoms with Gasteiger partial charge in [-0.25, -0.2) is 0 Å². The highest BCUT2D eigenvalue weighted by atomic mass is 16.5. The average Bonchev–Trinajstić information content (AvgIpc) is 3.28. The second-order valence-corrected chi connectivity index (χ2v) is 7.14. The molecule has 1 aromatic heterocycles. The summed E-state index contributed by atoms with van der Waals surface area (Å²) in [5.41, 5.74) is 2.71. The normalized spacial score (nSPS) is 17.5. The van der Waals surface area contributed by atoms with E-state index in [1.165, 1.54) is 13.2 Å². The van der Waals surface area contributed by atoms with Gasteiger partial charge in [-0.2, -0.15) is 0 Å². The molecule has 3 rings (SSSR count). The van der Waals surface area contributed by atoms with Crippen LogP contribution in [-0.4, -0.2) is 35.3 Å². The Bertz CT molecular complexity index is 875. The molecule has 0 saturated carbocycles. The zero-order valence-electron chi connectivity index (χ0n) is 16.2. The Hall–Kier alpha value is -3.09. The lowest BCUT2D eigenvalue weighted by atomic mass is 10.1. The Morgan fingerprint density at radius 2 is 2.11 bits per heavy atom. The molecule has 7 nitrogen and oxygen atoms in total. The molecule has 0 spiro atoms. The zero-order valence-corrected chi connectivity index (χ0v) is 16.2. The van der Waals surface area contributed by atoms with Crippen LogP contribution in [0.2, 0.25) is 0 Å². The van der Waals surface area contributed by atoms with Crippen molar-refractivity contribution in [3.05, 3.63) is 53.5 Å². The van der Waals surface area contributed by atoms with E-state index in [-0.39, 0.29) is 18.9 Å². The second kappa shape index (κ2) is 8.29. The van der Waals surface area contributed by atoms with E-state index in [9.17, 15) is 14.4 Å². The quantitative estimate of drug-likeness (QED) is 0.774. The molecule has 1 N–H and O–H groups in total. The van der Waals surface area contributed by atoms with Crippen LogP contribution in [0.15, 0.2) is 41.0 Å². The summed E-state index contributed by atoms with van der Waals surface area (Å²) >= 11 is 0. The van der Waals surface area contributed by atoms with E-state index in [0.29, 0.717) is 18.0 Å². The van der Waals surface area contributed by atoms with Crippen LogP contribution in [0.5, 0.6) is 0 Å². The summed E-state index contributed by atoms with van der Waals surface area (Å²) in [6.07, 6.45) is 0.658. The van der Waals surface area contributed by atoms with E-state index in [1.54, 1.807) is 17.0 Å². The molecule has 1 saturated heterocycles. The maximum Gasteiger partial charge on any atom is 0.312 e. The number of carbonyl (C=O) groups excluding carboxylic acids is 3. The predicted octanol–water partition coefficient (Wildman–Crippen LogP) is 2.82. The van der Waals surface area contributed by atoms with E-state index >= 15 is 0 Å². The van der Waals surface area contributed by atoms with Gasteiger partial charge in [-0.15, -0.1) is 0 Å². The number of hydrogen-bond acceptors (Lipinski definition) is 5. The summed E-state index contributed by atoms with van der Waals surface area (Å²) in [5, 5.41) is 2.77. The highest BCUT2D eigenvalue weighted by Gasteiger charge is 2.36. The van der Waals surface area contributed by atoms with Gasteiger partial charge in [0.25, 0.3) is 5.91 Å². The topological polar surface area (TPSA) is 88.8 Å². The van der Waals surface area contributed by atoms with Crippen molar-refractivity contribution in [2.75, 3.05) is 11.9 Å². The number of esters is 1. The van der Waals surface area contributed by atoms with Gasteiger partial charge < -0.3 is 19.4 Å². The minimum atomic E-state index is -0.956. The Kier molecular flexibility index (Phi) is 5.82. The van der Waals surface area contributed by atoms with E-state index in [0.717, 1.165) is 11.1 Å². The molecule has 0 unspecified atom stereocenters. The van der Waals surface area contributed by atoms with Crippen molar-refractivity contribution in [3.63, 3.8) is 0 Å². The molecule has 1 aromatic carbocycles. The molecule has 1 fully saturated rings. The molecule has 0 bridgehead atoms. The lowest BCUT2D eigenvalue weighted by Crippen LogP contribution is -2.33. The van der Waals surface area contributed by atoms with Crippen LogP contribution in [0.1, 0.15) is 30.2 Å². The first-order chi connectivity index (χ1) is 13.3. The van der Waals surface area contributed by atoms with Crippen LogP contribution < -0.4 is 5.32 Å². The summed E-state index contributed by atoms with van der Waals surface area (Å²) in [5.74, 6) is -1.01. The third-order valence-electron chi connectivity index (χ3n) is 4.78. The molecule has 2 amide bonds. The number of ether oxygens (including phenoxy) is 1. The summed E-state index contributed by atoms with van der Waals surface area (Å²) < 4.78 is 10.6. The standard InChI is InChI=1S/C21H24N2O5/c1-13-6-7-18(14(2)9-13)22-20(25)15(3)28-21(26)16-10-19(24)23(11-16)12-17-5-4-8-27-17/h4-9,15-16H,10-12H2,1-3H3,(H,22,25)/t15-,16-/m0/s1. The predicted molar refractivity (Wildman–Crippen MR) is 102 cm³/mol. The van der Waals surface area contributed by atoms with Crippen molar-refractivity contribution in [2.45, 2.75) is 39.8 Å². The van der Waals surface area contributed by atoms with Gasteiger partial charge in [-0.1, -0.05) is 17.7 Å². The highest BCUT2D eigenvalue weighted by molar-refractivity contribution is 5.96. The molecule has 7 heteroatoms. The second-order valence-electron chi connectivity index (χ2n) is 7.14. The average molecular weight is 384 g/mol. The number of carbonyl (C=O) groups is 3. The maximum atomic E-state index is 12.4. The van der Waals surface area contributed by atoms with Gasteiger partial charge in [0.15, 0.2) is 6.10 Å². The summed E-state index contributed by atoms with van der Waals surface area (Å²) in [6, 6.07) is 9.20. The first kappa shape index (κ1) is 19.7. The van der Waals surface area contributed by atoms with Crippen LogP contribution in [0.3, 0.4) is 0 Å². The summed E-state index contributed by atoms with van der Waals surface area (Å²) in [6.45, 7) is 5.97.